The predicted octanol–water partition coefficient (Wildman–Crippen LogP) is 1.91. The zero-order valence-corrected chi connectivity index (χ0v) is 18.6. The summed E-state index contributed by atoms with van der Waals surface area (Å²) in [6.45, 7) is 6.63. The average molecular weight is 436 g/mol. The monoisotopic (exact) mass is 435 g/mol. The Morgan fingerprint density at radius 1 is 1.06 bits per heavy atom. The smallest absolute Gasteiger partial charge is 0.317 e. The fourth-order valence-corrected chi connectivity index (χ4v) is 5.27. The fraction of sp³-hybridized carbons (Fsp3) is 0.500. The first-order valence-electron chi connectivity index (χ1n) is 11.4. The number of nitrogens with zero attached hydrogens (tertiary/aromatic N) is 4. The van der Waals surface area contributed by atoms with Gasteiger partial charge in [-0.05, 0) is 38.8 Å². The highest BCUT2D eigenvalue weighted by Crippen LogP contribution is 2.41. The average Bonchev–Trinajstić information content (AvgIpc) is 3.38. The van der Waals surface area contributed by atoms with Crippen molar-refractivity contribution >= 4 is 11.9 Å². The Hall–Kier alpha value is -3.16. The minimum absolute atomic E-state index is 0.0301. The van der Waals surface area contributed by atoms with Gasteiger partial charge in [0.25, 0.3) is 11.5 Å². The number of nitrogens with one attached hydrogen (secondary N) is 1. The molecule has 32 heavy (non-hydrogen) atoms. The molecule has 1 aromatic heterocycles. The van der Waals surface area contributed by atoms with Gasteiger partial charge in [0.05, 0.1) is 17.8 Å². The molecule has 4 heterocycles. The van der Waals surface area contributed by atoms with Gasteiger partial charge in [-0.2, -0.15) is 0 Å². The first-order chi connectivity index (χ1) is 15.4. The zero-order chi connectivity index (χ0) is 22.5. The van der Waals surface area contributed by atoms with Gasteiger partial charge in [0.1, 0.15) is 5.82 Å². The molecule has 1 atom stereocenters. The van der Waals surface area contributed by atoms with E-state index in [4.69, 9.17) is 4.98 Å². The lowest BCUT2D eigenvalue weighted by Crippen LogP contribution is -2.44. The number of rotatable bonds is 2. The van der Waals surface area contributed by atoms with E-state index in [0.717, 1.165) is 24.4 Å². The Kier molecular flexibility index (Phi) is 5.03. The molecule has 1 unspecified atom stereocenters. The number of likely N-dealkylation sites (tertiary alicyclic amines) is 1. The van der Waals surface area contributed by atoms with Gasteiger partial charge in [-0.3, -0.25) is 14.2 Å². The summed E-state index contributed by atoms with van der Waals surface area (Å²) in [5.41, 5.74) is 1.80. The van der Waals surface area contributed by atoms with Crippen LogP contribution in [-0.2, 0) is 24.9 Å². The van der Waals surface area contributed by atoms with E-state index in [1.165, 1.54) is 0 Å². The molecule has 1 spiro atoms. The summed E-state index contributed by atoms with van der Waals surface area (Å²) in [5.74, 6) is 0.768. The highest BCUT2D eigenvalue weighted by Gasteiger charge is 2.48. The molecule has 1 saturated heterocycles. The second-order valence-corrected chi connectivity index (χ2v) is 9.47. The van der Waals surface area contributed by atoms with Crippen LogP contribution in [0, 0.1) is 0 Å². The topological polar surface area (TPSA) is 87.5 Å². The van der Waals surface area contributed by atoms with Gasteiger partial charge in [0, 0.05) is 49.6 Å². The summed E-state index contributed by atoms with van der Waals surface area (Å²) in [7, 11) is 0. The van der Waals surface area contributed by atoms with Crippen molar-refractivity contribution in [2.75, 3.05) is 19.6 Å². The van der Waals surface area contributed by atoms with Crippen molar-refractivity contribution in [3.8, 4) is 0 Å². The van der Waals surface area contributed by atoms with Crippen LogP contribution in [0.5, 0.6) is 0 Å². The number of carbonyl (C=O) groups is 2. The molecule has 1 aromatic carbocycles. The van der Waals surface area contributed by atoms with E-state index in [0.29, 0.717) is 50.3 Å². The highest BCUT2D eigenvalue weighted by molar-refractivity contribution is 5.94. The summed E-state index contributed by atoms with van der Waals surface area (Å²) in [5, 5.41) is 2.97. The SMILES string of the molecule is CC(C)NC(=O)N1CCC2(CCn3c2nc2c(c3=O)CN(C(=O)c3ccccc3)CC2)C1. The number of fused-ring (bicyclic) bond motifs is 3. The van der Waals surface area contributed by atoms with Crippen LogP contribution < -0.4 is 10.9 Å². The molecule has 0 radical (unpaired) electrons. The van der Waals surface area contributed by atoms with Crippen molar-refractivity contribution in [3.63, 3.8) is 0 Å². The molecule has 0 bridgehead atoms. The van der Waals surface area contributed by atoms with Crippen LogP contribution in [0.4, 0.5) is 4.79 Å². The van der Waals surface area contributed by atoms with Crippen LogP contribution in [0.25, 0.3) is 0 Å². The number of hydrogen-bond donors (Lipinski definition) is 1. The van der Waals surface area contributed by atoms with Crippen LogP contribution >= 0.6 is 0 Å². The van der Waals surface area contributed by atoms with Crippen molar-refractivity contribution in [2.45, 2.75) is 57.7 Å². The van der Waals surface area contributed by atoms with Crippen LogP contribution in [0.2, 0.25) is 0 Å². The van der Waals surface area contributed by atoms with Gasteiger partial charge in [0.2, 0.25) is 0 Å². The van der Waals surface area contributed by atoms with Gasteiger partial charge in [-0.1, -0.05) is 18.2 Å². The standard InChI is InChI=1S/C24H29N5O3/c1-16(2)25-23(32)28-12-9-24(15-28)10-13-29-21(31)18-14-27(11-8-19(18)26-22(24)29)20(30)17-6-4-3-5-7-17/h3-7,16H,8-15H2,1-2H3,(H,25,32). The predicted molar refractivity (Wildman–Crippen MR) is 120 cm³/mol. The normalized spacial score (nSPS) is 21.7. The number of carbonyl (C=O) groups excluding carboxylic acids is 2. The third-order valence-electron chi connectivity index (χ3n) is 6.97. The molecule has 3 aliphatic heterocycles. The molecule has 3 amide bonds. The Labute approximate surface area is 187 Å². The van der Waals surface area contributed by atoms with Crippen LogP contribution in [0.15, 0.2) is 35.1 Å². The number of benzene rings is 1. The Bertz CT molecular complexity index is 1130. The summed E-state index contributed by atoms with van der Waals surface area (Å²) in [6.07, 6.45) is 2.21. The maximum Gasteiger partial charge on any atom is 0.317 e. The molecule has 3 aliphatic rings. The summed E-state index contributed by atoms with van der Waals surface area (Å²) in [4.78, 5) is 47.4. The molecule has 0 saturated carbocycles. The maximum absolute atomic E-state index is 13.4. The number of aromatic nitrogens is 2. The molecule has 1 N–H and O–H groups in total. The zero-order valence-electron chi connectivity index (χ0n) is 18.6. The van der Waals surface area contributed by atoms with E-state index >= 15 is 0 Å². The quantitative estimate of drug-likeness (QED) is 0.781. The van der Waals surface area contributed by atoms with E-state index in [1.807, 2.05) is 36.9 Å². The van der Waals surface area contributed by atoms with E-state index < -0.39 is 0 Å². The molecule has 0 aliphatic carbocycles. The molecular formula is C24H29N5O3. The molecule has 8 heteroatoms. The van der Waals surface area contributed by atoms with Crippen LogP contribution in [0.1, 0.15) is 54.1 Å². The fourth-order valence-electron chi connectivity index (χ4n) is 5.27. The molecule has 5 rings (SSSR count). The van der Waals surface area contributed by atoms with Crippen LogP contribution in [-0.4, -0.2) is 57.0 Å². The van der Waals surface area contributed by atoms with Gasteiger partial charge >= 0.3 is 6.03 Å². The third kappa shape index (κ3) is 3.38. The number of amides is 3. The second-order valence-electron chi connectivity index (χ2n) is 9.47. The van der Waals surface area contributed by atoms with E-state index in [1.54, 1.807) is 21.6 Å². The van der Waals surface area contributed by atoms with Gasteiger partial charge in [0.15, 0.2) is 0 Å². The minimum Gasteiger partial charge on any atom is -0.336 e. The van der Waals surface area contributed by atoms with Gasteiger partial charge in [-0.15, -0.1) is 0 Å². The van der Waals surface area contributed by atoms with Crippen molar-refractivity contribution in [1.82, 2.24) is 24.7 Å². The van der Waals surface area contributed by atoms with Crippen LogP contribution in [0.3, 0.4) is 0 Å². The van der Waals surface area contributed by atoms with Gasteiger partial charge in [-0.25, -0.2) is 9.78 Å². The Morgan fingerprint density at radius 2 is 1.81 bits per heavy atom. The highest BCUT2D eigenvalue weighted by atomic mass is 16.2. The lowest BCUT2D eigenvalue weighted by molar-refractivity contribution is 0.0732. The summed E-state index contributed by atoms with van der Waals surface area (Å²) in [6, 6.07) is 9.22. The lowest BCUT2D eigenvalue weighted by Gasteiger charge is -2.30. The van der Waals surface area contributed by atoms with Crippen molar-refractivity contribution in [1.29, 1.82) is 0 Å². The lowest BCUT2D eigenvalue weighted by atomic mass is 9.85. The largest absolute Gasteiger partial charge is 0.336 e. The molecular weight excluding hydrogens is 406 g/mol. The second kappa shape index (κ2) is 7.76. The molecule has 2 aromatic rings. The summed E-state index contributed by atoms with van der Waals surface area (Å²) >= 11 is 0. The van der Waals surface area contributed by atoms with Crippen molar-refractivity contribution in [2.24, 2.45) is 0 Å². The van der Waals surface area contributed by atoms with Crippen molar-refractivity contribution in [3.05, 3.63) is 63.3 Å². The van der Waals surface area contributed by atoms with E-state index in [2.05, 4.69) is 5.32 Å². The number of urea groups is 1. The molecule has 168 valence electrons. The molecule has 8 nitrogen and oxygen atoms in total. The first-order valence-corrected chi connectivity index (χ1v) is 11.4. The van der Waals surface area contributed by atoms with E-state index in [9.17, 15) is 14.4 Å². The number of hydrogen-bond acceptors (Lipinski definition) is 4. The maximum atomic E-state index is 13.4. The third-order valence-corrected chi connectivity index (χ3v) is 6.97. The molecule has 1 fully saturated rings. The van der Waals surface area contributed by atoms with Gasteiger partial charge < -0.3 is 15.1 Å². The first kappa shape index (κ1) is 20.7. The Morgan fingerprint density at radius 3 is 2.56 bits per heavy atom. The summed E-state index contributed by atoms with van der Waals surface area (Å²) < 4.78 is 1.79. The minimum atomic E-state index is -0.250. The van der Waals surface area contributed by atoms with E-state index in [-0.39, 0.29) is 29.0 Å². The van der Waals surface area contributed by atoms with Crippen molar-refractivity contribution < 1.29 is 9.59 Å². The Balaban J connectivity index is 1.41.